The quantitative estimate of drug-likeness (QED) is 0.0752. The smallest absolute Gasteiger partial charge is 0.416 e. The molecule has 0 aliphatic carbocycles. The number of rotatable bonds is 10. The van der Waals surface area contributed by atoms with Gasteiger partial charge in [0.25, 0.3) is 0 Å². The Labute approximate surface area is 491 Å². The first kappa shape index (κ1) is 60.5. The second-order valence-electron chi connectivity index (χ2n) is 19.7. The van der Waals surface area contributed by atoms with Gasteiger partial charge in [0.15, 0.2) is 0 Å². The Balaban J connectivity index is 0.000000146. The third-order valence-electron chi connectivity index (χ3n) is 13.6. The summed E-state index contributed by atoms with van der Waals surface area (Å²) in [5.41, 5.74) is 5.50. The summed E-state index contributed by atoms with van der Waals surface area (Å²) in [4.78, 5) is 22.1. The van der Waals surface area contributed by atoms with E-state index >= 15 is 0 Å². The number of phenols is 2. The van der Waals surface area contributed by atoms with E-state index in [0.717, 1.165) is 36.4 Å². The van der Waals surface area contributed by atoms with E-state index in [1.807, 2.05) is 0 Å². The van der Waals surface area contributed by atoms with Gasteiger partial charge in [0.2, 0.25) is 0 Å². The molecule has 0 bridgehead atoms. The molecule has 0 saturated heterocycles. The number of phenolic OH excluding ortho intramolecular Hbond substituents is 2. The zero-order valence-corrected chi connectivity index (χ0v) is 45.2. The number of fused-ring (bicyclic) bond motifs is 3. The van der Waals surface area contributed by atoms with E-state index in [-0.39, 0.29) is 23.7 Å². The van der Waals surface area contributed by atoms with E-state index in [1.165, 1.54) is 78.9 Å². The van der Waals surface area contributed by atoms with Crippen molar-refractivity contribution >= 4 is 69.6 Å². The summed E-state index contributed by atoms with van der Waals surface area (Å²) in [6, 6.07) is 42.6. The van der Waals surface area contributed by atoms with Gasteiger partial charge in [-0.1, -0.05) is 109 Å². The molecule has 9 aromatic carbocycles. The lowest BCUT2D eigenvalue weighted by atomic mass is 9.99. The normalized spacial score (nSPS) is 12.1. The van der Waals surface area contributed by atoms with E-state index in [1.54, 1.807) is 103 Å². The molecule has 0 fully saturated rings. The summed E-state index contributed by atoms with van der Waals surface area (Å²) in [6.07, 6.45) is -3.47. The highest BCUT2D eigenvalue weighted by molar-refractivity contribution is 5.88. The number of aromatic nitrogens is 6. The Morgan fingerprint density at radius 1 is 0.364 bits per heavy atom. The second kappa shape index (κ2) is 25.1. The SMILES string of the molecule is OCc1ccccc1-c1cc2nc(/C=C/c3ccc(C(F)(F)F)cc3)[nH]c2cc1F.Oc1cccc(-c2cc3nc(/C=C/c4ccc(C(F)(F)F)cc4)[nH]c3cc2F)c1.Oc1ccccc1-c1cc2nc(/C=C/c3ccc(C(F)(F)F)cc3)[nH]c2cc1F. The summed E-state index contributed by atoms with van der Waals surface area (Å²) in [5, 5.41) is 29.1. The van der Waals surface area contributed by atoms with Crippen LogP contribution in [0.4, 0.5) is 52.7 Å². The molecule has 3 heterocycles. The molecular formula is C67H44F12N6O3. The van der Waals surface area contributed by atoms with Crippen molar-refractivity contribution in [3.05, 3.63) is 256 Å². The number of imidazole rings is 3. The number of hydrogen-bond donors (Lipinski definition) is 6. The first-order chi connectivity index (χ1) is 41.9. The Bertz CT molecular complexity index is 4560. The van der Waals surface area contributed by atoms with Crippen LogP contribution in [-0.4, -0.2) is 45.2 Å². The largest absolute Gasteiger partial charge is 0.508 e. The zero-order chi connectivity index (χ0) is 62.5. The second-order valence-corrected chi connectivity index (χ2v) is 19.7. The summed E-state index contributed by atoms with van der Waals surface area (Å²) < 4.78 is 157. The molecular weight excluding hydrogens is 1160 g/mol. The van der Waals surface area contributed by atoms with E-state index < -0.39 is 52.7 Å². The fraction of sp³-hybridized carbons (Fsp3) is 0.0597. The number of nitrogens with one attached hydrogen (secondary N) is 3. The average Bonchev–Trinajstić information content (AvgIpc) is 1.97. The van der Waals surface area contributed by atoms with Gasteiger partial charge < -0.3 is 30.3 Å². The molecule has 0 amide bonds. The maximum absolute atomic E-state index is 14.7. The maximum Gasteiger partial charge on any atom is 0.416 e. The first-order valence-electron chi connectivity index (χ1n) is 26.4. The minimum Gasteiger partial charge on any atom is -0.508 e. The lowest BCUT2D eigenvalue weighted by molar-refractivity contribution is -0.138. The molecule has 0 atom stereocenters. The number of aromatic hydroxyl groups is 2. The predicted molar refractivity (Wildman–Crippen MR) is 315 cm³/mol. The van der Waals surface area contributed by atoms with Crippen LogP contribution in [0.5, 0.6) is 11.5 Å². The number of benzene rings is 9. The Kier molecular flexibility index (Phi) is 17.3. The summed E-state index contributed by atoms with van der Waals surface area (Å²) in [7, 11) is 0. The minimum atomic E-state index is -4.38. The highest BCUT2D eigenvalue weighted by Gasteiger charge is 2.31. The van der Waals surface area contributed by atoms with Crippen LogP contribution in [0.15, 0.2) is 182 Å². The van der Waals surface area contributed by atoms with Gasteiger partial charge in [-0.3, -0.25) is 0 Å². The van der Waals surface area contributed by atoms with Gasteiger partial charge in [-0.2, -0.15) is 39.5 Å². The van der Waals surface area contributed by atoms with Crippen molar-refractivity contribution in [3.63, 3.8) is 0 Å². The number of aliphatic hydroxyl groups is 1. The third-order valence-corrected chi connectivity index (χ3v) is 13.6. The molecule has 0 saturated carbocycles. The van der Waals surface area contributed by atoms with Crippen molar-refractivity contribution in [1.82, 2.24) is 29.9 Å². The highest BCUT2D eigenvalue weighted by Crippen LogP contribution is 2.36. The van der Waals surface area contributed by atoms with E-state index in [9.17, 15) is 68.0 Å². The number of halogens is 12. The van der Waals surface area contributed by atoms with Gasteiger partial charge in [0, 0.05) is 40.5 Å². The van der Waals surface area contributed by atoms with E-state index in [2.05, 4.69) is 29.9 Å². The van der Waals surface area contributed by atoms with Crippen LogP contribution < -0.4 is 0 Å². The number of aliphatic hydroxyl groups excluding tert-OH is 1. The van der Waals surface area contributed by atoms with Gasteiger partial charge >= 0.3 is 18.5 Å². The molecule has 21 heteroatoms. The zero-order valence-electron chi connectivity index (χ0n) is 45.2. The highest BCUT2D eigenvalue weighted by atomic mass is 19.4. The van der Waals surface area contributed by atoms with E-state index in [4.69, 9.17) is 0 Å². The van der Waals surface area contributed by atoms with Crippen LogP contribution in [0.3, 0.4) is 0 Å². The molecule has 12 rings (SSSR count). The van der Waals surface area contributed by atoms with Crippen molar-refractivity contribution < 1.29 is 68.0 Å². The maximum atomic E-state index is 14.7. The fourth-order valence-electron chi connectivity index (χ4n) is 9.19. The number of nitrogens with zero attached hydrogens (tertiary/aromatic N) is 3. The number of hydrogen-bond acceptors (Lipinski definition) is 6. The molecule has 0 unspecified atom stereocenters. The first-order valence-corrected chi connectivity index (χ1v) is 26.4. The minimum absolute atomic E-state index is 0.0317. The molecule has 0 aliphatic rings. The van der Waals surface area contributed by atoms with Crippen molar-refractivity contribution in [1.29, 1.82) is 0 Å². The Hall–Kier alpha value is -10.7. The summed E-state index contributed by atoms with van der Waals surface area (Å²) in [5.74, 6) is -0.137. The lowest BCUT2D eigenvalue weighted by Crippen LogP contribution is -2.03. The standard InChI is InChI=1S/C23H16F4N2O.2C22H14F4N2O/c24-19-12-21-20(11-18(19)17-4-2-1-3-15(17)13-30)28-22(29-21)10-7-14-5-8-16(9-6-14)23(25,26)27;23-18-12-20-19(11-17(18)14-2-1-3-16(29)10-14)27-21(28-20)9-6-13-4-7-15(8-5-13)22(24,25)26;23-17-12-19-18(11-16(17)15-3-1-2-4-20(15)29)27-21(28-19)10-7-13-5-8-14(9-6-13)22(24,25)26/h1-12,30H,13H2,(H,28,29);2*1-12,29H,(H,27,28)/b10-7+;9-6+;10-7+. The molecule has 3 aromatic heterocycles. The van der Waals surface area contributed by atoms with Crippen LogP contribution in [0.1, 0.15) is 56.4 Å². The molecule has 0 aliphatic heterocycles. The number of alkyl halides is 9. The van der Waals surface area contributed by atoms with Gasteiger partial charge in [-0.05, 0) is 124 Å². The van der Waals surface area contributed by atoms with Crippen molar-refractivity contribution in [2.75, 3.05) is 0 Å². The molecule has 0 spiro atoms. The van der Waals surface area contributed by atoms with Crippen LogP contribution in [0, 0.1) is 17.5 Å². The lowest BCUT2D eigenvalue weighted by Gasteiger charge is -2.08. The Morgan fingerprint density at radius 3 is 1.11 bits per heavy atom. The van der Waals surface area contributed by atoms with Crippen molar-refractivity contribution in [3.8, 4) is 44.9 Å². The van der Waals surface area contributed by atoms with Crippen LogP contribution >= 0.6 is 0 Å². The van der Waals surface area contributed by atoms with Crippen molar-refractivity contribution in [2.45, 2.75) is 25.1 Å². The molecule has 9 nitrogen and oxygen atoms in total. The molecule has 6 N–H and O–H groups in total. The summed E-state index contributed by atoms with van der Waals surface area (Å²) in [6.45, 7) is -0.213. The predicted octanol–water partition coefficient (Wildman–Crippen LogP) is 18.6. The average molecular weight is 1210 g/mol. The fourth-order valence-corrected chi connectivity index (χ4v) is 9.19. The van der Waals surface area contributed by atoms with Gasteiger partial charge in [-0.25, -0.2) is 28.1 Å². The Morgan fingerprint density at radius 2 is 0.727 bits per heavy atom. The van der Waals surface area contributed by atoms with Gasteiger partial charge in [-0.15, -0.1) is 0 Å². The van der Waals surface area contributed by atoms with Gasteiger partial charge in [0.1, 0.15) is 46.4 Å². The topological polar surface area (TPSA) is 147 Å². The van der Waals surface area contributed by atoms with E-state index in [0.29, 0.717) is 101 Å². The summed E-state index contributed by atoms with van der Waals surface area (Å²) >= 11 is 0. The third kappa shape index (κ3) is 14.3. The molecule has 0 radical (unpaired) electrons. The van der Waals surface area contributed by atoms with Crippen LogP contribution in [0.25, 0.3) is 103 Å². The number of H-pyrrole nitrogens is 3. The van der Waals surface area contributed by atoms with Crippen LogP contribution in [0.2, 0.25) is 0 Å². The number of para-hydroxylation sites is 1. The van der Waals surface area contributed by atoms with Crippen molar-refractivity contribution in [2.24, 2.45) is 0 Å². The number of aromatic amines is 3. The molecule has 444 valence electrons. The molecule has 12 aromatic rings. The molecule has 88 heavy (non-hydrogen) atoms. The monoisotopic (exact) mass is 1210 g/mol. The van der Waals surface area contributed by atoms with Crippen LogP contribution in [-0.2, 0) is 25.1 Å². The van der Waals surface area contributed by atoms with Gasteiger partial charge in [0.05, 0.1) is 56.4 Å².